The largest absolute Gasteiger partial charge is 0.358 e. The quantitative estimate of drug-likeness (QED) is 0.730. The summed E-state index contributed by atoms with van der Waals surface area (Å²) in [6, 6.07) is 6.38. The van der Waals surface area contributed by atoms with E-state index in [2.05, 4.69) is 37.0 Å². The zero-order valence-corrected chi connectivity index (χ0v) is 9.22. The van der Waals surface area contributed by atoms with Crippen LogP contribution in [-0.2, 0) is 5.54 Å². The number of benzene rings is 1. The predicted molar refractivity (Wildman–Crippen MR) is 62.9 cm³/mol. The van der Waals surface area contributed by atoms with Crippen LogP contribution in [0.15, 0.2) is 18.2 Å². The molecule has 1 aromatic heterocycles. The monoisotopic (exact) mass is 200 g/mol. The van der Waals surface area contributed by atoms with Gasteiger partial charge in [0.25, 0.3) is 0 Å². The van der Waals surface area contributed by atoms with Gasteiger partial charge in [-0.2, -0.15) is 0 Å². The second kappa shape index (κ2) is 2.64. The zero-order valence-electron chi connectivity index (χ0n) is 9.22. The molecule has 1 aromatic carbocycles. The Bertz CT molecular complexity index is 533. The third kappa shape index (κ3) is 1.15. The van der Waals surface area contributed by atoms with Gasteiger partial charge >= 0.3 is 0 Å². The minimum atomic E-state index is -0.0472. The highest BCUT2D eigenvalue weighted by Gasteiger charge is 2.43. The summed E-state index contributed by atoms with van der Waals surface area (Å²) in [5, 5.41) is 1.34. The van der Waals surface area contributed by atoms with E-state index in [0.29, 0.717) is 0 Å². The van der Waals surface area contributed by atoms with Crippen LogP contribution in [0.1, 0.15) is 29.7 Å². The Labute approximate surface area is 89.5 Å². The summed E-state index contributed by atoms with van der Waals surface area (Å²) in [6.07, 6.45) is 2.24. The second-order valence-electron chi connectivity index (χ2n) is 4.78. The summed E-state index contributed by atoms with van der Waals surface area (Å²) < 4.78 is 0. The smallest absolute Gasteiger partial charge is 0.0462 e. The number of aromatic amines is 1. The number of fused-ring (bicyclic) bond motifs is 1. The van der Waals surface area contributed by atoms with Crippen LogP contribution in [0.5, 0.6) is 0 Å². The maximum atomic E-state index is 6.33. The van der Waals surface area contributed by atoms with Crippen molar-refractivity contribution in [1.29, 1.82) is 0 Å². The van der Waals surface area contributed by atoms with Gasteiger partial charge in [0.15, 0.2) is 0 Å². The van der Waals surface area contributed by atoms with Gasteiger partial charge in [-0.25, -0.2) is 0 Å². The maximum Gasteiger partial charge on any atom is 0.0462 e. The lowest BCUT2D eigenvalue weighted by Crippen LogP contribution is -2.19. The summed E-state index contributed by atoms with van der Waals surface area (Å²) in [5.41, 5.74) is 11.4. The molecule has 3 rings (SSSR count). The summed E-state index contributed by atoms with van der Waals surface area (Å²) in [7, 11) is 0. The maximum absolute atomic E-state index is 6.33. The summed E-state index contributed by atoms with van der Waals surface area (Å²) >= 11 is 0. The molecular formula is C13H16N2. The highest BCUT2D eigenvalue weighted by Crippen LogP contribution is 2.47. The van der Waals surface area contributed by atoms with Crippen molar-refractivity contribution in [2.45, 2.75) is 32.2 Å². The Kier molecular flexibility index (Phi) is 1.58. The fourth-order valence-electron chi connectivity index (χ4n) is 2.56. The van der Waals surface area contributed by atoms with Crippen molar-refractivity contribution >= 4 is 10.9 Å². The fourth-order valence-corrected chi connectivity index (χ4v) is 2.56. The molecule has 0 bridgehead atoms. The lowest BCUT2D eigenvalue weighted by atomic mass is 9.99. The van der Waals surface area contributed by atoms with Crippen molar-refractivity contribution in [2.24, 2.45) is 5.73 Å². The van der Waals surface area contributed by atoms with Gasteiger partial charge in [0.05, 0.1) is 0 Å². The molecule has 1 aliphatic rings. The van der Waals surface area contributed by atoms with Gasteiger partial charge < -0.3 is 10.7 Å². The zero-order chi connectivity index (χ0) is 10.6. The molecule has 15 heavy (non-hydrogen) atoms. The molecule has 0 saturated heterocycles. The molecule has 0 atom stereocenters. The SMILES string of the molecule is Cc1[nH]c2cccc(C)c2c1C1(N)CC1. The van der Waals surface area contributed by atoms with Crippen LogP contribution in [0.25, 0.3) is 10.9 Å². The Morgan fingerprint density at radius 3 is 2.67 bits per heavy atom. The molecule has 0 amide bonds. The van der Waals surface area contributed by atoms with Crippen LogP contribution in [-0.4, -0.2) is 4.98 Å². The average molecular weight is 200 g/mol. The molecule has 2 aromatic rings. The average Bonchev–Trinajstić information content (AvgIpc) is 2.79. The number of aryl methyl sites for hydroxylation is 2. The van der Waals surface area contributed by atoms with Crippen molar-refractivity contribution < 1.29 is 0 Å². The minimum Gasteiger partial charge on any atom is -0.358 e. The lowest BCUT2D eigenvalue weighted by Gasteiger charge is -2.10. The lowest BCUT2D eigenvalue weighted by molar-refractivity contribution is 0.739. The van der Waals surface area contributed by atoms with E-state index in [0.717, 1.165) is 12.8 Å². The molecule has 0 spiro atoms. The Morgan fingerprint density at radius 1 is 1.27 bits per heavy atom. The van der Waals surface area contributed by atoms with Crippen LogP contribution in [0.4, 0.5) is 0 Å². The van der Waals surface area contributed by atoms with E-state index in [1.54, 1.807) is 0 Å². The van der Waals surface area contributed by atoms with Crippen LogP contribution in [0.3, 0.4) is 0 Å². The summed E-state index contributed by atoms with van der Waals surface area (Å²) in [6.45, 7) is 4.28. The van der Waals surface area contributed by atoms with Crippen LogP contribution >= 0.6 is 0 Å². The van der Waals surface area contributed by atoms with E-state index < -0.39 is 0 Å². The molecule has 2 nitrogen and oxygen atoms in total. The van der Waals surface area contributed by atoms with Crippen molar-refractivity contribution in [3.63, 3.8) is 0 Å². The number of aromatic nitrogens is 1. The fraction of sp³-hybridized carbons (Fsp3) is 0.385. The molecule has 1 aliphatic carbocycles. The third-order valence-electron chi connectivity index (χ3n) is 3.51. The first-order valence-electron chi connectivity index (χ1n) is 5.49. The van der Waals surface area contributed by atoms with Crippen molar-refractivity contribution in [3.05, 3.63) is 35.0 Å². The van der Waals surface area contributed by atoms with Crippen LogP contribution in [0, 0.1) is 13.8 Å². The standard InChI is InChI=1S/C13H16N2/c1-8-4-3-5-10-11(8)12(9(2)15-10)13(14)6-7-13/h3-5,15H,6-7,14H2,1-2H3. The van der Waals surface area contributed by atoms with Gasteiger partial charge in [-0.05, 0) is 38.3 Å². The van der Waals surface area contributed by atoms with E-state index in [9.17, 15) is 0 Å². The van der Waals surface area contributed by atoms with Gasteiger partial charge in [-0.15, -0.1) is 0 Å². The molecule has 0 radical (unpaired) electrons. The molecule has 1 heterocycles. The molecular weight excluding hydrogens is 184 g/mol. The predicted octanol–water partition coefficient (Wildman–Crippen LogP) is 2.73. The summed E-state index contributed by atoms with van der Waals surface area (Å²) in [4.78, 5) is 3.43. The van der Waals surface area contributed by atoms with Crippen LogP contribution < -0.4 is 5.73 Å². The number of nitrogens with one attached hydrogen (secondary N) is 1. The van der Waals surface area contributed by atoms with Gasteiger partial charge in [-0.3, -0.25) is 0 Å². The third-order valence-corrected chi connectivity index (χ3v) is 3.51. The van der Waals surface area contributed by atoms with Crippen molar-refractivity contribution in [1.82, 2.24) is 4.98 Å². The van der Waals surface area contributed by atoms with E-state index in [1.807, 2.05) is 0 Å². The summed E-state index contributed by atoms with van der Waals surface area (Å²) in [5.74, 6) is 0. The molecule has 1 saturated carbocycles. The first kappa shape index (κ1) is 8.98. The Balaban J connectivity index is 2.41. The highest BCUT2D eigenvalue weighted by molar-refractivity contribution is 5.89. The first-order valence-corrected chi connectivity index (χ1v) is 5.49. The Hall–Kier alpha value is -1.28. The van der Waals surface area contributed by atoms with Gasteiger partial charge in [0, 0.05) is 27.7 Å². The molecule has 78 valence electrons. The number of hydrogen-bond acceptors (Lipinski definition) is 1. The number of rotatable bonds is 1. The van der Waals surface area contributed by atoms with Crippen LogP contribution in [0.2, 0.25) is 0 Å². The first-order chi connectivity index (χ1) is 7.12. The van der Waals surface area contributed by atoms with Crippen molar-refractivity contribution in [2.75, 3.05) is 0 Å². The van der Waals surface area contributed by atoms with Crippen molar-refractivity contribution in [3.8, 4) is 0 Å². The molecule has 1 fully saturated rings. The van der Waals surface area contributed by atoms with Gasteiger partial charge in [0.2, 0.25) is 0 Å². The highest BCUT2D eigenvalue weighted by atomic mass is 14.9. The minimum absolute atomic E-state index is 0.0472. The van der Waals surface area contributed by atoms with E-state index in [-0.39, 0.29) is 5.54 Å². The number of nitrogens with two attached hydrogens (primary N) is 1. The molecule has 2 heteroatoms. The topological polar surface area (TPSA) is 41.8 Å². The van der Waals surface area contributed by atoms with Gasteiger partial charge in [-0.1, -0.05) is 12.1 Å². The molecule has 0 aliphatic heterocycles. The van der Waals surface area contributed by atoms with E-state index >= 15 is 0 Å². The normalized spacial score (nSPS) is 18.3. The second-order valence-corrected chi connectivity index (χ2v) is 4.78. The number of H-pyrrole nitrogens is 1. The van der Waals surface area contributed by atoms with Gasteiger partial charge in [0.1, 0.15) is 0 Å². The Morgan fingerprint density at radius 2 is 2.00 bits per heavy atom. The molecule has 3 N–H and O–H groups in total. The van der Waals surface area contributed by atoms with E-state index in [1.165, 1.54) is 27.7 Å². The number of hydrogen-bond donors (Lipinski definition) is 2. The van der Waals surface area contributed by atoms with E-state index in [4.69, 9.17) is 5.73 Å². The molecule has 0 unspecified atom stereocenters.